The van der Waals surface area contributed by atoms with Gasteiger partial charge >= 0.3 is 0 Å². The second kappa shape index (κ2) is 11.5. The maximum Gasteiger partial charge on any atom is 0.00385 e. The number of likely N-dealkylation sites (tertiary alicyclic amines) is 2. The van der Waals surface area contributed by atoms with Gasteiger partial charge in [0.1, 0.15) is 0 Å². The van der Waals surface area contributed by atoms with E-state index < -0.39 is 0 Å². The molecule has 2 aliphatic heterocycles. The molecule has 0 saturated carbocycles. The minimum absolute atomic E-state index is 0.746. The van der Waals surface area contributed by atoms with Crippen LogP contribution in [0.25, 0.3) is 0 Å². The number of rotatable bonds is 6. The van der Waals surface area contributed by atoms with Gasteiger partial charge in [-0.1, -0.05) is 40.5 Å². The zero-order valence-electron chi connectivity index (χ0n) is 17.0. The summed E-state index contributed by atoms with van der Waals surface area (Å²) in [6, 6.07) is 0.746. The molecule has 2 heterocycles. The normalized spacial score (nSPS) is 24.3. The van der Waals surface area contributed by atoms with Crippen molar-refractivity contribution < 1.29 is 0 Å². The van der Waals surface area contributed by atoms with Crippen LogP contribution in [0.15, 0.2) is 0 Å². The fourth-order valence-corrected chi connectivity index (χ4v) is 3.93. The van der Waals surface area contributed by atoms with Crippen LogP contribution in [0.2, 0.25) is 0 Å². The van der Waals surface area contributed by atoms with E-state index in [1.165, 1.54) is 71.2 Å². The van der Waals surface area contributed by atoms with Gasteiger partial charge in [-0.2, -0.15) is 0 Å². The van der Waals surface area contributed by atoms with Crippen LogP contribution in [0.1, 0.15) is 80.1 Å². The van der Waals surface area contributed by atoms with Gasteiger partial charge in [0.25, 0.3) is 0 Å². The molecule has 1 atom stereocenters. The molecular weight excluding hydrogens is 280 g/mol. The van der Waals surface area contributed by atoms with Crippen LogP contribution < -0.4 is 0 Å². The smallest absolute Gasteiger partial charge is 0.00385 e. The van der Waals surface area contributed by atoms with Crippen molar-refractivity contribution in [2.24, 2.45) is 17.8 Å². The maximum atomic E-state index is 2.68. The minimum atomic E-state index is 0.746. The molecule has 0 N–H and O–H groups in total. The summed E-state index contributed by atoms with van der Waals surface area (Å²) in [5.74, 6) is 2.84. The summed E-state index contributed by atoms with van der Waals surface area (Å²) in [6.45, 7) is 20.5. The van der Waals surface area contributed by atoms with Crippen LogP contribution in [0.4, 0.5) is 0 Å². The summed E-state index contributed by atoms with van der Waals surface area (Å²) in [5.41, 5.74) is 0. The van der Waals surface area contributed by atoms with Crippen LogP contribution in [0, 0.1) is 17.8 Å². The van der Waals surface area contributed by atoms with Gasteiger partial charge in [0, 0.05) is 12.6 Å². The lowest BCUT2D eigenvalue weighted by Gasteiger charge is -2.35. The van der Waals surface area contributed by atoms with E-state index in [0.29, 0.717) is 0 Å². The third kappa shape index (κ3) is 9.10. The van der Waals surface area contributed by atoms with Crippen molar-refractivity contribution >= 4 is 0 Å². The van der Waals surface area contributed by atoms with Crippen molar-refractivity contribution in [1.82, 2.24) is 9.80 Å². The fourth-order valence-electron chi connectivity index (χ4n) is 3.93. The molecule has 0 bridgehead atoms. The summed E-state index contributed by atoms with van der Waals surface area (Å²) in [5, 5.41) is 0. The predicted molar refractivity (Wildman–Crippen MR) is 104 cm³/mol. The van der Waals surface area contributed by atoms with Crippen molar-refractivity contribution in [2.75, 3.05) is 32.7 Å². The Morgan fingerprint density at radius 2 is 1.61 bits per heavy atom. The first-order valence-corrected chi connectivity index (χ1v) is 10.4. The molecular formula is C21H44N2. The molecule has 0 aromatic heterocycles. The fraction of sp³-hybridized carbons (Fsp3) is 1.00. The average molecular weight is 325 g/mol. The van der Waals surface area contributed by atoms with E-state index in [1.54, 1.807) is 0 Å². The Balaban J connectivity index is 0.000000379. The summed E-state index contributed by atoms with van der Waals surface area (Å²) in [7, 11) is 0. The molecule has 0 aromatic carbocycles. The van der Waals surface area contributed by atoms with Gasteiger partial charge in [-0.3, -0.25) is 0 Å². The summed E-state index contributed by atoms with van der Waals surface area (Å²) < 4.78 is 0. The molecule has 2 fully saturated rings. The van der Waals surface area contributed by atoms with E-state index in [4.69, 9.17) is 0 Å². The Labute approximate surface area is 147 Å². The molecule has 0 aliphatic carbocycles. The molecule has 2 heteroatoms. The van der Waals surface area contributed by atoms with Gasteiger partial charge < -0.3 is 9.80 Å². The van der Waals surface area contributed by atoms with Gasteiger partial charge in [0.2, 0.25) is 0 Å². The highest BCUT2D eigenvalue weighted by Gasteiger charge is 2.23. The van der Waals surface area contributed by atoms with E-state index in [9.17, 15) is 0 Å². The summed E-state index contributed by atoms with van der Waals surface area (Å²) >= 11 is 0. The standard InChI is InChI=1S/C15H30N2.C6H14/c1-13(2)17-10-6-15(7-11-17)5-9-16-8-4-14(3)12-16;1-4-5-6(2)3/h13-15H,4-12H2,1-3H3;6H,4-5H2,1-3H3. The Bertz CT molecular complexity index is 280. The number of nitrogens with zero attached hydrogens (tertiary/aromatic N) is 2. The number of hydrogen-bond acceptors (Lipinski definition) is 2. The third-order valence-electron chi connectivity index (χ3n) is 5.61. The molecule has 138 valence electrons. The van der Waals surface area contributed by atoms with Crippen molar-refractivity contribution in [1.29, 1.82) is 0 Å². The van der Waals surface area contributed by atoms with Crippen LogP contribution in [0.3, 0.4) is 0 Å². The molecule has 2 saturated heterocycles. The second-order valence-corrected chi connectivity index (χ2v) is 8.74. The Morgan fingerprint density at radius 1 is 0.957 bits per heavy atom. The minimum Gasteiger partial charge on any atom is -0.303 e. The topological polar surface area (TPSA) is 6.48 Å². The quantitative estimate of drug-likeness (QED) is 0.655. The summed E-state index contributed by atoms with van der Waals surface area (Å²) in [6.07, 6.45) is 8.44. The predicted octanol–water partition coefficient (Wildman–Crippen LogP) is 5.28. The highest BCUT2D eigenvalue weighted by Crippen LogP contribution is 2.23. The molecule has 23 heavy (non-hydrogen) atoms. The lowest BCUT2D eigenvalue weighted by atomic mass is 9.93. The van der Waals surface area contributed by atoms with Crippen LogP contribution >= 0.6 is 0 Å². The zero-order chi connectivity index (χ0) is 17.2. The van der Waals surface area contributed by atoms with Crippen molar-refractivity contribution in [3.05, 3.63) is 0 Å². The Hall–Kier alpha value is -0.0800. The molecule has 1 unspecified atom stereocenters. The van der Waals surface area contributed by atoms with Crippen molar-refractivity contribution in [2.45, 2.75) is 86.1 Å². The van der Waals surface area contributed by atoms with Crippen LogP contribution in [-0.2, 0) is 0 Å². The first kappa shape index (κ1) is 21.0. The average Bonchev–Trinajstić information content (AvgIpc) is 2.92. The summed E-state index contributed by atoms with van der Waals surface area (Å²) in [4.78, 5) is 5.31. The monoisotopic (exact) mass is 324 g/mol. The lowest BCUT2D eigenvalue weighted by Crippen LogP contribution is -2.39. The van der Waals surface area contributed by atoms with Crippen LogP contribution in [0.5, 0.6) is 0 Å². The SMILES string of the molecule is CC1CCN(CCC2CCN(C(C)C)CC2)C1.CCCC(C)C. The van der Waals surface area contributed by atoms with E-state index in [0.717, 1.165) is 23.8 Å². The highest BCUT2D eigenvalue weighted by atomic mass is 15.2. The Kier molecular flexibility index (Phi) is 10.5. The van der Waals surface area contributed by atoms with Gasteiger partial charge in [-0.25, -0.2) is 0 Å². The Morgan fingerprint density at radius 3 is 2.00 bits per heavy atom. The van der Waals surface area contributed by atoms with Gasteiger partial charge in [0.05, 0.1) is 0 Å². The highest BCUT2D eigenvalue weighted by molar-refractivity contribution is 4.77. The molecule has 2 nitrogen and oxygen atoms in total. The molecule has 2 rings (SSSR count). The van der Waals surface area contributed by atoms with E-state index in [2.05, 4.69) is 51.3 Å². The van der Waals surface area contributed by atoms with Crippen molar-refractivity contribution in [3.63, 3.8) is 0 Å². The largest absolute Gasteiger partial charge is 0.303 e. The lowest BCUT2D eigenvalue weighted by molar-refractivity contribution is 0.139. The van der Waals surface area contributed by atoms with E-state index >= 15 is 0 Å². The number of piperidine rings is 1. The van der Waals surface area contributed by atoms with Crippen LogP contribution in [-0.4, -0.2) is 48.6 Å². The second-order valence-electron chi connectivity index (χ2n) is 8.74. The molecule has 0 amide bonds. The van der Waals surface area contributed by atoms with Gasteiger partial charge in [-0.15, -0.1) is 0 Å². The van der Waals surface area contributed by atoms with Gasteiger partial charge in [-0.05, 0) is 83.5 Å². The number of hydrogen-bond donors (Lipinski definition) is 0. The van der Waals surface area contributed by atoms with Crippen molar-refractivity contribution in [3.8, 4) is 0 Å². The van der Waals surface area contributed by atoms with Gasteiger partial charge in [0.15, 0.2) is 0 Å². The third-order valence-corrected chi connectivity index (χ3v) is 5.61. The molecule has 2 aliphatic rings. The molecule has 0 aromatic rings. The van der Waals surface area contributed by atoms with E-state index in [-0.39, 0.29) is 0 Å². The zero-order valence-corrected chi connectivity index (χ0v) is 17.0. The maximum absolute atomic E-state index is 2.68. The first-order valence-electron chi connectivity index (χ1n) is 10.4. The molecule has 0 radical (unpaired) electrons. The first-order chi connectivity index (χ1) is 10.9. The molecule has 0 spiro atoms. The van der Waals surface area contributed by atoms with E-state index in [1.807, 2.05) is 0 Å².